The molecule has 0 N–H and O–H groups in total. The van der Waals surface area contributed by atoms with Gasteiger partial charge in [0.25, 0.3) is 0 Å². The maximum absolute atomic E-state index is 2.39. The lowest BCUT2D eigenvalue weighted by molar-refractivity contribution is 0.645. The van der Waals surface area contributed by atoms with E-state index >= 15 is 0 Å². The Morgan fingerprint density at radius 1 is 1.22 bits per heavy atom. The third-order valence-corrected chi connectivity index (χ3v) is 3.38. The highest BCUT2D eigenvalue weighted by Gasteiger charge is 2.63. The van der Waals surface area contributed by atoms with Gasteiger partial charge in [0.2, 0.25) is 0 Å². The Labute approximate surface area is 57.6 Å². The minimum Gasteiger partial charge on any atom is -0.0618 e. The second-order valence-electron chi connectivity index (χ2n) is 3.95. The first kappa shape index (κ1) is 5.64. The molecule has 0 amide bonds. The Hall–Kier alpha value is -0.130. The van der Waals surface area contributed by atoms with E-state index in [9.17, 15) is 0 Å². The molecule has 0 heterocycles. The molecule has 0 aromatic heterocycles. The molecular formula is C9H15+. The van der Waals surface area contributed by atoms with Crippen LogP contribution in [-0.4, -0.2) is 0 Å². The molecule has 0 aliphatic heterocycles. The van der Waals surface area contributed by atoms with E-state index in [1.165, 1.54) is 6.42 Å². The lowest BCUT2D eigenvalue weighted by atomic mass is 10.2. The fourth-order valence-electron chi connectivity index (χ4n) is 2.19. The average molecular weight is 123 g/mol. The van der Waals surface area contributed by atoms with E-state index in [-0.39, 0.29) is 0 Å². The Bertz CT molecular complexity index is 120. The second-order valence-corrected chi connectivity index (χ2v) is 3.95. The summed E-state index contributed by atoms with van der Waals surface area (Å²) in [4.78, 5) is 0. The van der Waals surface area contributed by atoms with Crippen molar-refractivity contribution in [1.29, 1.82) is 0 Å². The van der Waals surface area contributed by atoms with E-state index in [0.29, 0.717) is 0 Å². The van der Waals surface area contributed by atoms with Crippen LogP contribution in [0.5, 0.6) is 0 Å². The van der Waals surface area contributed by atoms with Gasteiger partial charge in [-0.2, -0.15) is 0 Å². The maximum Gasteiger partial charge on any atom is 0.143 e. The topological polar surface area (TPSA) is 0 Å². The smallest absolute Gasteiger partial charge is 0.0618 e. The van der Waals surface area contributed by atoms with Gasteiger partial charge in [-0.15, -0.1) is 0 Å². The summed E-state index contributed by atoms with van der Waals surface area (Å²) in [5, 5.41) is 0. The van der Waals surface area contributed by atoms with Gasteiger partial charge in [-0.1, -0.05) is 13.8 Å². The van der Waals surface area contributed by atoms with Gasteiger partial charge in [0.1, 0.15) is 12.3 Å². The highest BCUT2D eigenvalue weighted by molar-refractivity contribution is 5.18. The minimum absolute atomic E-state index is 1.03. The molecule has 2 saturated carbocycles. The number of hydrogen-bond acceptors (Lipinski definition) is 0. The van der Waals surface area contributed by atoms with Crippen LogP contribution in [0.15, 0.2) is 0 Å². The van der Waals surface area contributed by atoms with Crippen LogP contribution in [0.4, 0.5) is 0 Å². The van der Waals surface area contributed by atoms with Gasteiger partial charge in [-0.3, -0.25) is 0 Å². The summed E-state index contributed by atoms with van der Waals surface area (Å²) >= 11 is 0. The summed E-state index contributed by atoms with van der Waals surface area (Å²) in [6.45, 7) is 7.09. The molecule has 3 atom stereocenters. The maximum atomic E-state index is 2.39. The Kier molecular flexibility index (Phi) is 0.924. The Balaban J connectivity index is 1.90. The molecule has 50 valence electrons. The lowest BCUT2D eigenvalue weighted by Gasteiger charge is -1.79. The van der Waals surface area contributed by atoms with Crippen molar-refractivity contribution in [1.82, 2.24) is 0 Å². The van der Waals surface area contributed by atoms with Gasteiger partial charge in [-0.25, -0.2) is 0 Å². The number of rotatable bonds is 1. The molecule has 0 aromatic rings. The molecule has 0 aromatic carbocycles. The molecule has 3 unspecified atom stereocenters. The van der Waals surface area contributed by atoms with Crippen LogP contribution in [0, 0.1) is 29.6 Å². The molecular weight excluding hydrogens is 108 g/mol. The van der Waals surface area contributed by atoms with Crippen LogP contribution in [0.3, 0.4) is 0 Å². The summed E-state index contributed by atoms with van der Waals surface area (Å²) in [5.74, 6) is 5.97. The van der Waals surface area contributed by atoms with Gasteiger partial charge in [0, 0.05) is 5.92 Å². The van der Waals surface area contributed by atoms with Crippen molar-refractivity contribution in [2.24, 2.45) is 23.7 Å². The summed E-state index contributed by atoms with van der Waals surface area (Å²) in [6.07, 6.45) is 1.44. The highest BCUT2D eigenvalue weighted by atomic mass is 14.6. The molecule has 2 fully saturated rings. The molecule has 2 aliphatic carbocycles. The zero-order chi connectivity index (χ0) is 6.59. The Morgan fingerprint density at radius 3 is 1.78 bits per heavy atom. The Morgan fingerprint density at radius 2 is 1.67 bits per heavy atom. The van der Waals surface area contributed by atoms with Gasteiger partial charge in [0.05, 0.1) is 12.8 Å². The minimum atomic E-state index is 1.03. The van der Waals surface area contributed by atoms with Crippen LogP contribution in [-0.2, 0) is 0 Å². The van der Waals surface area contributed by atoms with Crippen LogP contribution in [0.25, 0.3) is 0 Å². The van der Waals surface area contributed by atoms with Crippen molar-refractivity contribution < 1.29 is 0 Å². The number of hydrogen-bond donors (Lipinski definition) is 0. The summed E-state index contributed by atoms with van der Waals surface area (Å²) in [5.41, 5.74) is 0. The monoisotopic (exact) mass is 123 g/mol. The quantitative estimate of drug-likeness (QED) is 0.470. The molecule has 0 bridgehead atoms. The second kappa shape index (κ2) is 1.47. The zero-order valence-corrected chi connectivity index (χ0v) is 6.52. The largest absolute Gasteiger partial charge is 0.143 e. The third-order valence-electron chi connectivity index (χ3n) is 3.38. The van der Waals surface area contributed by atoms with Crippen molar-refractivity contribution in [2.45, 2.75) is 27.2 Å². The van der Waals surface area contributed by atoms with Crippen molar-refractivity contribution >= 4 is 0 Å². The SMILES string of the molecule is C[C+]1CC1C1C(C)C1C. The van der Waals surface area contributed by atoms with Gasteiger partial charge < -0.3 is 0 Å². The predicted molar refractivity (Wildman–Crippen MR) is 38.8 cm³/mol. The first-order chi connectivity index (χ1) is 4.22. The van der Waals surface area contributed by atoms with Crippen molar-refractivity contribution in [2.75, 3.05) is 0 Å². The van der Waals surface area contributed by atoms with E-state index in [2.05, 4.69) is 20.8 Å². The molecule has 0 radical (unpaired) electrons. The predicted octanol–water partition coefficient (Wildman–Crippen LogP) is 2.50. The van der Waals surface area contributed by atoms with Crippen LogP contribution in [0.2, 0.25) is 0 Å². The first-order valence-electron chi connectivity index (χ1n) is 4.04. The van der Waals surface area contributed by atoms with E-state index in [4.69, 9.17) is 0 Å². The molecule has 0 spiro atoms. The van der Waals surface area contributed by atoms with E-state index in [0.717, 1.165) is 23.7 Å². The van der Waals surface area contributed by atoms with Crippen molar-refractivity contribution in [3.8, 4) is 0 Å². The summed E-state index contributed by atoms with van der Waals surface area (Å²) in [7, 11) is 0. The summed E-state index contributed by atoms with van der Waals surface area (Å²) < 4.78 is 0. The van der Waals surface area contributed by atoms with Crippen LogP contribution < -0.4 is 0 Å². The fourth-order valence-corrected chi connectivity index (χ4v) is 2.19. The van der Waals surface area contributed by atoms with Gasteiger partial charge in [0.15, 0.2) is 0 Å². The molecule has 2 rings (SSSR count). The summed E-state index contributed by atoms with van der Waals surface area (Å²) in [6, 6.07) is 0. The van der Waals surface area contributed by atoms with Crippen molar-refractivity contribution in [3.05, 3.63) is 5.92 Å². The average Bonchev–Trinajstić information content (AvgIpc) is 2.58. The van der Waals surface area contributed by atoms with Gasteiger partial charge in [-0.05, 0) is 11.8 Å². The van der Waals surface area contributed by atoms with Gasteiger partial charge >= 0.3 is 0 Å². The molecule has 9 heavy (non-hydrogen) atoms. The van der Waals surface area contributed by atoms with E-state index in [1.807, 2.05) is 0 Å². The van der Waals surface area contributed by atoms with E-state index in [1.54, 1.807) is 5.92 Å². The van der Waals surface area contributed by atoms with Crippen LogP contribution in [0.1, 0.15) is 27.2 Å². The normalized spacial score (nSPS) is 55.7. The molecule has 0 saturated heterocycles. The highest BCUT2D eigenvalue weighted by Crippen LogP contribution is 2.61. The van der Waals surface area contributed by atoms with Crippen LogP contribution >= 0.6 is 0 Å². The zero-order valence-electron chi connectivity index (χ0n) is 6.52. The molecule has 0 heteroatoms. The standard InChI is InChI=1S/C9H15/c1-5-4-8(5)9-6(2)7(9)3/h6-9H,4H2,1-3H3/q+1. The van der Waals surface area contributed by atoms with Crippen molar-refractivity contribution in [3.63, 3.8) is 0 Å². The fraction of sp³-hybridized carbons (Fsp3) is 0.889. The van der Waals surface area contributed by atoms with E-state index < -0.39 is 0 Å². The molecule has 0 nitrogen and oxygen atoms in total. The first-order valence-corrected chi connectivity index (χ1v) is 4.04. The third kappa shape index (κ3) is 0.687. The molecule has 2 aliphatic rings. The lowest BCUT2D eigenvalue weighted by Crippen LogP contribution is -1.82.